The SMILES string of the molecule is CCN1CCC(CN2CC(=O)NC(C)(C)C2=O)C1. The Morgan fingerprint density at radius 1 is 1.39 bits per heavy atom. The molecule has 102 valence electrons. The molecule has 2 saturated heterocycles. The van der Waals surface area contributed by atoms with Gasteiger partial charge in [-0.2, -0.15) is 0 Å². The van der Waals surface area contributed by atoms with Gasteiger partial charge in [0.25, 0.3) is 0 Å². The molecule has 2 aliphatic rings. The average Bonchev–Trinajstić information content (AvgIpc) is 2.72. The Labute approximate surface area is 108 Å². The van der Waals surface area contributed by atoms with Crippen molar-refractivity contribution in [2.24, 2.45) is 5.92 Å². The van der Waals surface area contributed by atoms with Crippen molar-refractivity contribution in [2.45, 2.75) is 32.7 Å². The number of hydrogen-bond acceptors (Lipinski definition) is 3. The Hall–Kier alpha value is -1.10. The lowest BCUT2D eigenvalue weighted by atomic mass is 9.98. The maximum Gasteiger partial charge on any atom is 0.248 e. The molecule has 1 atom stereocenters. The summed E-state index contributed by atoms with van der Waals surface area (Å²) >= 11 is 0. The first-order valence-corrected chi connectivity index (χ1v) is 6.75. The molecular formula is C13H23N3O2. The van der Waals surface area contributed by atoms with Crippen molar-refractivity contribution in [3.8, 4) is 0 Å². The van der Waals surface area contributed by atoms with Gasteiger partial charge in [-0.1, -0.05) is 6.92 Å². The number of carbonyl (C=O) groups excluding carboxylic acids is 2. The number of nitrogens with one attached hydrogen (secondary N) is 1. The molecule has 0 aromatic carbocycles. The Morgan fingerprint density at radius 3 is 2.72 bits per heavy atom. The predicted octanol–water partition coefficient (Wildman–Crippen LogP) is 0.0652. The van der Waals surface area contributed by atoms with Crippen molar-refractivity contribution in [3.05, 3.63) is 0 Å². The standard InChI is InChI=1S/C13H23N3O2/c1-4-15-6-5-10(7-15)8-16-9-11(17)14-13(2,3)12(16)18/h10H,4-9H2,1-3H3,(H,14,17). The molecule has 2 amide bonds. The van der Waals surface area contributed by atoms with Gasteiger partial charge in [-0.15, -0.1) is 0 Å². The van der Waals surface area contributed by atoms with Gasteiger partial charge in [0.15, 0.2) is 0 Å². The van der Waals surface area contributed by atoms with Crippen LogP contribution in [0.15, 0.2) is 0 Å². The molecule has 5 nitrogen and oxygen atoms in total. The first-order chi connectivity index (χ1) is 8.42. The predicted molar refractivity (Wildman–Crippen MR) is 69.0 cm³/mol. The Bertz CT molecular complexity index is 354. The second kappa shape index (κ2) is 4.88. The van der Waals surface area contributed by atoms with E-state index in [4.69, 9.17) is 0 Å². The van der Waals surface area contributed by atoms with Crippen molar-refractivity contribution in [3.63, 3.8) is 0 Å². The molecule has 0 radical (unpaired) electrons. The van der Waals surface area contributed by atoms with Gasteiger partial charge >= 0.3 is 0 Å². The van der Waals surface area contributed by atoms with E-state index in [0.717, 1.165) is 26.1 Å². The summed E-state index contributed by atoms with van der Waals surface area (Å²) in [5.41, 5.74) is -0.752. The third-order valence-corrected chi connectivity index (χ3v) is 3.90. The summed E-state index contributed by atoms with van der Waals surface area (Å²) < 4.78 is 0. The number of nitrogens with zero attached hydrogens (tertiary/aromatic N) is 2. The molecule has 2 heterocycles. The second-order valence-electron chi connectivity index (χ2n) is 5.91. The molecule has 0 spiro atoms. The number of carbonyl (C=O) groups is 2. The van der Waals surface area contributed by atoms with E-state index in [1.54, 1.807) is 18.7 Å². The molecule has 1 unspecified atom stereocenters. The molecule has 1 N–H and O–H groups in total. The van der Waals surface area contributed by atoms with Gasteiger partial charge in [-0.05, 0) is 39.3 Å². The minimum Gasteiger partial charge on any atom is -0.341 e. The zero-order chi connectivity index (χ0) is 13.3. The van der Waals surface area contributed by atoms with Crippen LogP contribution in [0.25, 0.3) is 0 Å². The van der Waals surface area contributed by atoms with Crippen molar-refractivity contribution >= 4 is 11.8 Å². The summed E-state index contributed by atoms with van der Waals surface area (Å²) in [7, 11) is 0. The third kappa shape index (κ3) is 2.66. The molecular weight excluding hydrogens is 230 g/mol. The summed E-state index contributed by atoms with van der Waals surface area (Å²) in [4.78, 5) is 28.0. The Balaban J connectivity index is 1.96. The fourth-order valence-electron chi connectivity index (χ4n) is 2.89. The van der Waals surface area contributed by atoms with Crippen LogP contribution >= 0.6 is 0 Å². The molecule has 2 fully saturated rings. The molecule has 0 saturated carbocycles. The van der Waals surface area contributed by atoms with Gasteiger partial charge in [-0.3, -0.25) is 9.59 Å². The first kappa shape index (κ1) is 13.3. The van der Waals surface area contributed by atoms with Crippen LogP contribution in [0.4, 0.5) is 0 Å². The largest absolute Gasteiger partial charge is 0.341 e. The van der Waals surface area contributed by atoms with E-state index in [2.05, 4.69) is 17.1 Å². The van der Waals surface area contributed by atoms with Gasteiger partial charge in [-0.25, -0.2) is 0 Å². The van der Waals surface area contributed by atoms with Gasteiger partial charge in [0.1, 0.15) is 5.54 Å². The second-order valence-corrected chi connectivity index (χ2v) is 5.91. The normalized spacial score (nSPS) is 28.6. The van der Waals surface area contributed by atoms with Gasteiger partial charge < -0.3 is 15.1 Å². The van der Waals surface area contributed by atoms with Gasteiger partial charge in [0, 0.05) is 13.1 Å². The molecule has 5 heteroatoms. The number of rotatable bonds is 3. The fourth-order valence-corrected chi connectivity index (χ4v) is 2.89. The van der Waals surface area contributed by atoms with E-state index >= 15 is 0 Å². The quantitative estimate of drug-likeness (QED) is 0.774. The van der Waals surface area contributed by atoms with Crippen LogP contribution in [0.1, 0.15) is 27.2 Å². The molecule has 0 aromatic heterocycles. The van der Waals surface area contributed by atoms with Crippen LogP contribution in [0, 0.1) is 5.92 Å². The van der Waals surface area contributed by atoms with Crippen LogP contribution in [-0.4, -0.2) is 59.9 Å². The maximum absolute atomic E-state index is 12.2. The Morgan fingerprint density at radius 2 is 2.11 bits per heavy atom. The molecule has 0 aliphatic carbocycles. The van der Waals surface area contributed by atoms with Gasteiger partial charge in [0.05, 0.1) is 6.54 Å². The monoisotopic (exact) mass is 253 g/mol. The number of hydrogen-bond donors (Lipinski definition) is 1. The van der Waals surface area contributed by atoms with E-state index < -0.39 is 5.54 Å². The molecule has 0 bridgehead atoms. The minimum absolute atomic E-state index is 0.0389. The molecule has 18 heavy (non-hydrogen) atoms. The molecule has 2 aliphatic heterocycles. The number of piperazine rings is 1. The van der Waals surface area contributed by atoms with E-state index in [1.165, 1.54) is 0 Å². The molecule has 2 rings (SSSR count). The van der Waals surface area contributed by atoms with Crippen molar-refractivity contribution in [1.29, 1.82) is 0 Å². The lowest BCUT2D eigenvalue weighted by molar-refractivity contribution is -0.148. The molecule has 0 aromatic rings. The van der Waals surface area contributed by atoms with Gasteiger partial charge in [0.2, 0.25) is 11.8 Å². The summed E-state index contributed by atoms with van der Waals surface area (Å²) in [6.45, 7) is 9.85. The van der Waals surface area contributed by atoms with Crippen LogP contribution in [-0.2, 0) is 9.59 Å². The first-order valence-electron chi connectivity index (χ1n) is 6.75. The highest BCUT2D eigenvalue weighted by molar-refractivity contribution is 5.97. The van der Waals surface area contributed by atoms with E-state index in [-0.39, 0.29) is 18.4 Å². The topological polar surface area (TPSA) is 52.6 Å². The van der Waals surface area contributed by atoms with E-state index in [1.807, 2.05) is 0 Å². The van der Waals surface area contributed by atoms with Crippen molar-refractivity contribution in [1.82, 2.24) is 15.1 Å². The summed E-state index contributed by atoms with van der Waals surface area (Å²) in [6.07, 6.45) is 1.12. The smallest absolute Gasteiger partial charge is 0.248 e. The number of likely N-dealkylation sites (tertiary alicyclic amines) is 1. The Kier molecular flexibility index (Phi) is 3.61. The zero-order valence-corrected chi connectivity index (χ0v) is 11.5. The van der Waals surface area contributed by atoms with Crippen LogP contribution in [0.3, 0.4) is 0 Å². The highest BCUT2D eigenvalue weighted by Gasteiger charge is 2.40. The summed E-state index contributed by atoms with van der Waals surface area (Å²) in [6, 6.07) is 0. The maximum atomic E-state index is 12.2. The van der Waals surface area contributed by atoms with E-state index in [0.29, 0.717) is 12.5 Å². The summed E-state index contributed by atoms with van der Waals surface area (Å²) in [5.74, 6) is 0.498. The van der Waals surface area contributed by atoms with Crippen LogP contribution < -0.4 is 5.32 Å². The van der Waals surface area contributed by atoms with E-state index in [9.17, 15) is 9.59 Å². The highest BCUT2D eigenvalue weighted by Crippen LogP contribution is 2.20. The highest BCUT2D eigenvalue weighted by atomic mass is 16.2. The zero-order valence-electron chi connectivity index (χ0n) is 11.5. The average molecular weight is 253 g/mol. The van der Waals surface area contributed by atoms with Crippen molar-refractivity contribution < 1.29 is 9.59 Å². The van der Waals surface area contributed by atoms with Crippen LogP contribution in [0.2, 0.25) is 0 Å². The fraction of sp³-hybridized carbons (Fsp3) is 0.846. The lowest BCUT2D eigenvalue weighted by Gasteiger charge is -2.38. The third-order valence-electron chi connectivity index (χ3n) is 3.90. The van der Waals surface area contributed by atoms with Crippen molar-refractivity contribution in [2.75, 3.05) is 32.7 Å². The minimum atomic E-state index is -0.752. The number of amides is 2. The summed E-state index contributed by atoms with van der Waals surface area (Å²) in [5, 5.41) is 2.74. The van der Waals surface area contributed by atoms with Crippen LogP contribution in [0.5, 0.6) is 0 Å². The lowest BCUT2D eigenvalue weighted by Crippen LogP contribution is -2.64.